The molecular formula is C13H18N2O3S2. The van der Waals surface area contributed by atoms with E-state index >= 15 is 0 Å². The van der Waals surface area contributed by atoms with E-state index in [1.165, 1.54) is 23.9 Å². The number of primary sulfonamides is 1. The fraction of sp³-hybridized carbons (Fsp3) is 0.308. The van der Waals surface area contributed by atoms with Crippen LogP contribution in [0.3, 0.4) is 0 Å². The van der Waals surface area contributed by atoms with Crippen molar-refractivity contribution in [3.8, 4) is 0 Å². The van der Waals surface area contributed by atoms with E-state index < -0.39 is 10.0 Å². The lowest BCUT2D eigenvalue weighted by Gasteiger charge is -2.05. The molecule has 0 spiro atoms. The quantitative estimate of drug-likeness (QED) is 0.551. The summed E-state index contributed by atoms with van der Waals surface area (Å²) < 4.78 is 22.2. The first-order valence-electron chi connectivity index (χ1n) is 6.00. The zero-order chi connectivity index (χ0) is 15.0. The second-order valence-corrected chi connectivity index (χ2v) is 6.68. The summed E-state index contributed by atoms with van der Waals surface area (Å²) in [6.45, 7) is 4.10. The van der Waals surface area contributed by atoms with Gasteiger partial charge in [0.15, 0.2) is 0 Å². The van der Waals surface area contributed by atoms with Crippen LogP contribution in [0, 0.1) is 0 Å². The number of benzene rings is 1. The van der Waals surface area contributed by atoms with Gasteiger partial charge in [-0.3, -0.25) is 4.79 Å². The van der Waals surface area contributed by atoms with Gasteiger partial charge >= 0.3 is 0 Å². The number of amides is 1. The molecule has 0 heterocycles. The highest BCUT2D eigenvalue weighted by Gasteiger charge is 2.06. The van der Waals surface area contributed by atoms with Crippen LogP contribution in [0.2, 0.25) is 0 Å². The van der Waals surface area contributed by atoms with Crippen LogP contribution in [-0.2, 0) is 21.2 Å². The smallest absolute Gasteiger partial charge is 0.238 e. The minimum Gasteiger partial charge on any atom is -0.355 e. The molecule has 7 heteroatoms. The third-order valence-electron chi connectivity index (χ3n) is 2.46. The van der Waals surface area contributed by atoms with Gasteiger partial charge in [-0.05, 0) is 24.1 Å². The number of hydrogen-bond donors (Lipinski definition) is 2. The van der Waals surface area contributed by atoms with Crippen molar-refractivity contribution in [2.24, 2.45) is 5.14 Å². The zero-order valence-corrected chi connectivity index (χ0v) is 12.7. The molecule has 1 rings (SSSR count). The molecule has 0 aromatic heterocycles. The molecule has 1 aromatic carbocycles. The predicted octanol–water partition coefficient (Wildman–Crippen LogP) is 0.912. The van der Waals surface area contributed by atoms with Gasteiger partial charge in [-0.15, -0.1) is 18.3 Å². The number of carbonyl (C=O) groups is 1. The largest absolute Gasteiger partial charge is 0.355 e. The van der Waals surface area contributed by atoms with Gasteiger partial charge in [-0.2, -0.15) is 0 Å². The van der Waals surface area contributed by atoms with E-state index in [9.17, 15) is 13.2 Å². The molecule has 0 aliphatic carbocycles. The Kier molecular flexibility index (Phi) is 6.77. The molecule has 5 nitrogen and oxygen atoms in total. The molecule has 1 amide bonds. The molecule has 0 atom stereocenters. The average molecular weight is 314 g/mol. The summed E-state index contributed by atoms with van der Waals surface area (Å²) in [5.41, 5.74) is 0.941. The van der Waals surface area contributed by atoms with Gasteiger partial charge in [0.2, 0.25) is 15.9 Å². The molecule has 1 aromatic rings. The SMILES string of the molecule is C=CCSCC(=O)NCCc1ccc(S(N)(=O)=O)cc1. The van der Waals surface area contributed by atoms with Crippen LogP contribution in [0.25, 0.3) is 0 Å². The van der Waals surface area contributed by atoms with Crippen LogP contribution in [0.5, 0.6) is 0 Å². The van der Waals surface area contributed by atoms with Crippen molar-refractivity contribution in [2.45, 2.75) is 11.3 Å². The van der Waals surface area contributed by atoms with Crippen molar-refractivity contribution in [3.05, 3.63) is 42.5 Å². The predicted molar refractivity (Wildman–Crippen MR) is 82.1 cm³/mol. The third kappa shape index (κ3) is 6.23. The number of nitrogens with two attached hydrogens (primary N) is 1. The molecule has 20 heavy (non-hydrogen) atoms. The molecule has 0 radical (unpaired) electrons. The van der Waals surface area contributed by atoms with Crippen molar-refractivity contribution in [1.29, 1.82) is 0 Å². The monoisotopic (exact) mass is 314 g/mol. The number of hydrogen-bond acceptors (Lipinski definition) is 4. The molecule has 0 saturated carbocycles. The highest BCUT2D eigenvalue weighted by molar-refractivity contribution is 8.00. The first kappa shape index (κ1) is 16.7. The highest BCUT2D eigenvalue weighted by Crippen LogP contribution is 2.08. The van der Waals surface area contributed by atoms with Crippen LogP contribution >= 0.6 is 11.8 Å². The Balaban J connectivity index is 2.35. The molecule has 110 valence electrons. The first-order valence-corrected chi connectivity index (χ1v) is 8.70. The number of carbonyl (C=O) groups excluding carboxylic acids is 1. The lowest BCUT2D eigenvalue weighted by molar-refractivity contribution is -0.118. The Morgan fingerprint density at radius 3 is 2.55 bits per heavy atom. The van der Waals surface area contributed by atoms with Gasteiger partial charge in [0, 0.05) is 12.3 Å². The summed E-state index contributed by atoms with van der Waals surface area (Å²) in [5.74, 6) is 1.15. The van der Waals surface area contributed by atoms with E-state index in [1.54, 1.807) is 18.2 Å². The molecule has 0 fully saturated rings. The summed E-state index contributed by atoms with van der Waals surface area (Å²) in [5, 5.41) is 7.81. The van der Waals surface area contributed by atoms with E-state index in [1.807, 2.05) is 0 Å². The molecule has 0 bridgehead atoms. The summed E-state index contributed by atoms with van der Waals surface area (Å²) >= 11 is 1.50. The van der Waals surface area contributed by atoms with E-state index in [2.05, 4.69) is 11.9 Å². The maximum absolute atomic E-state index is 11.4. The van der Waals surface area contributed by atoms with Crippen LogP contribution in [-0.4, -0.2) is 32.4 Å². The van der Waals surface area contributed by atoms with E-state index in [4.69, 9.17) is 5.14 Å². The van der Waals surface area contributed by atoms with Gasteiger partial charge in [0.1, 0.15) is 0 Å². The third-order valence-corrected chi connectivity index (χ3v) is 4.32. The second-order valence-electron chi connectivity index (χ2n) is 4.09. The summed E-state index contributed by atoms with van der Waals surface area (Å²) in [6.07, 6.45) is 2.40. The van der Waals surface area contributed by atoms with Crippen LogP contribution < -0.4 is 10.5 Å². The molecular weight excluding hydrogens is 296 g/mol. The molecule has 0 saturated heterocycles. The summed E-state index contributed by atoms with van der Waals surface area (Å²) in [6, 6.07) is 6.32. The number of sulfonamides is 1. The van der Waals surface area contributed by atoms with Crippen molar-refractivity contribution < 1.29 is 13.2 Å². The Hall–Kier alpha value is -1.31. The Morgan fingerprint density at radius 1 is 1.35 bits per heavy atom. The van der Waals surface area contributed by atoms with Gasteiger partial charge < -0.3 is 5.32 Å². The number of nitrogens with one attached hydrogen (secondary N) is 1. The lowest BCUT2D eigenvalue weighted by atomic mass is 10.1. The summed E-state index contributed by atoms with van der Waals surface area (Å²) in [7, 11) is -3.65. The number of thioether (sulfide) groups is 1. The van der Waals surface area contributed by atoms with E-state index in [0.717, 1.165) is 11.3 Å². The van der Waals surface area contributed by atoms with Gasteiger partial charge in [0.05, 0.1) is 10.6 Å². The zero-order valence-electron chi connectivity index (χ0n) is 11.0. The van der Waals surface area contributed by atoms with Crippen LogP contribution in [0.1, 0.15) is 5.56 Å². The summed E-state index contributed by atoms with van der Waals surface area (Å²) in [4.78, 5) is 11.5. The fourth-order valence-electron chi connectivity index (χ4n) is 1.48. The standard InChI is InChI=1S/C13H18N2O3S2/c1-2-9-19-10-13(16)15-8-7-11-3-5-12(6-4-11)20(14,17)18/h2-6H,1,7-10H2,(H,15,16)(H2,14,17,18). The van der Waals surface area contributed by atoms with Gasteiger partial charge in [0.25, 0.3) is 0 Å². The van der Waals surface area contributed by atoms with Gasteiger partial charge in [-0.25, -0.2) is 13.6 Å². The second kappa shape index (κ2) is 8.08. The van der Waals surface area contributed by atoms with Crippen LogP contribution in [0.15, 0.2) is 41.8 Å². The van der Waals surface area contributed by atoms with Crippen LogP contribution in [0.4, 0.5) is 0 Å². The minimum absolute atomic E-state index is 0.0157. The highest BCUT2D eigenvalue weighted by atomic mass is 32.2. The number of rotatable bonds is 8. The molecule has 0 aliphatic heterocycles. The van der Waals surface area contributed by atoms with E-state index in [-0.39, 0.29) is 10.8 Å². The Morgan fingerprint density at radius 2 is 2.00 bits per heavy atom. The van der Waals surface area contributed by atoms with Crippen molar-refractivity contribution in [2.75, 3.05) is 18.1 Å². The van der Waals surface area contributed by atoms with Gasteiger partial charge in [-0.1, -0.05) is 18.2 Å². The maximum atomic E-state index is 11.4. The first-order chi connectivity index (χ1) is 9.43. The molecule has 3 N–H and O–H groups in total. The molecule has 0 unspecified atom stereocenters. The minimum atomic E-state index is -3.65. The topological polar surface area (TPSA) is 89.3 Å². The van der Waals surface area contributed by atoms with Crippen molar-refractivity contribution >= 4 is 27.7 Å². The Labute approximate surface area is 123 Å². The normalized spacial score (nSPS) is 11.1. The Bertz CT molecular complexity index is 553. The van der Waals surface area contributed by atoms with E-state index in [0.29, 0.717) is 18.7 Å². The van der Waals surface area contributed by atoms with Crippen molar-refractivity contribution in [1.82, 2.24) is 5.32 Å². The maximum Gasteiger partial charge on any atom is 0.238 e. The molecule has 0 aliphatic rings. The fourth-order valence-corrected chi connectivity index (χ4v) is 2.57. The van der Waals surface area contributed by atoms with Crippen molar-refractivity contribution in [3.63, 3.8) is 0 Å². The average Bonchev–Trinajstić information content (AvgIpc) is 2.38. The lowest BCUT2D eigenvalue weighted by Crippen LogP contribution is -2.27.